The first-order valence-electron chi connectivity index (χ1n) is 10.7. The number of aryl methyl sites for hydroxylation is 1. The minimum atomic E-state index is -0.483. The Hall–Kier alpha value is -4.69. The molecule has 10 nitrogen and oxygen atoms in total. The lowest BCUT2D eigenvalue weighted by Crippen LogP contribution is -2.15. The van der Waals surface area contributed by atoms with E-state index in [1.807, 2.05) is 30.3 Å². The molecule has 1 heterocycles. The number of nitro benzene ring substituents is 1. The maximum absolute atomic E-state index is 12.6. The molecule has 1 aromatic heterocycles. The van der Waals surface area contributed by atoms with Gasteiger partial charge in [-0.25, -0.2) is 0 Å². The third kappa shape index (κ3) is 5.86. The third-order valence-corrected chi connectivity index (χ3v) is 6.02. The molecular weight excluding hydrogens is 480 g/mol. The van der Waals surface area contributed by atoms with Crippen LogP contribution in [-0.2, 0) is 11.4 Å². The number of amides is 1. The molecule has 0 aliphatic rings. The van der Waals surface area contributed by atoms with Gasteiger partial charge in [0.2, 0.25) is 5.91 Å². The number of aromatic nitrogens is 3. The molecule has 0 fully saturated rings. The van der Waals surface area contributed by atoms with Crippen LogP contribution in [-0.4, -0.2) is 31.3 Å². The second-order valence-electron chi connectivity index (χ2n) is 7.59. The first-order chi connectivity index (χ1) is 17.4. The zero-order valence-corrected chi connectivity index (χ0v) is 19.9. The largest absolute Gasteiger partial charge is 0.486 e. The predicted molar refractivity (Wildman–Crippen MR) is 134 cm³/mol. The highest BCUT2D eigenvalue weighted by Gasteiger charge is 2.17. The summed E-state index contributed by atoms with van der Waals surface area (Å²) in [6, 6.07) is 22.8. The Morgan fingerprint density at radius 3 is 2.58 bits per heavy atom. The van der Waals surface area contributed by atoms with Crippen molar-refractivity contribution in [2.45, 2.75) is 18.7 Å². The topological polar surface area (TPSA) is 136 Å². The predicted octanol–water partition coefficient (Wildman–Crippen LogP) is 4.67. The smallest absolute Gasteiger partial charge is 0.274 e. The second kappa shape index (κ2) is 11.2. The van der Waals surface area contributed by atoms with Crippen molar-refractivity contribution in [2.24, 2.45) is 0 Å². The normalized spacial score (nSPS) is 10.4. The zero-order valence-electron chi connectivity index (χ0n) is 19.1. The standard InChI is InChI=1S/C25H20N6O4S/c1-17-7-10-19(13-22(17)31(33)34)27-24(32)16-36-25-29-28-23(30(25)20-5-3-2-4-6-20)15-35-21-11-8-18(14-26)9-12-21/h2-13H,15-16H2,1H3,(H,27,32). The molecule has 0 unspecified atom stereocenters. The van der Waals surface area contributed by atoms with Crippen molar-refractivity contribution in [1.82, 2.24) is 14.8 Å². The lowest BCUT2D eigenvalue weighted by molar-refractivity contribution is -0.385. The second-order valence-corrected chi connectivity index (χ2v) is 8.53. The van der Waals surface area contributed by atoms with E-state index in [1.165, 1.54) is 17.8 Å². The number of hydrogen-bond donors (Lipinski definition) is 1. The summed E-state index contributed by atoms with van der Waals surface area (Å²) in [6.07, 6.45) is 0. The van der Waals surface area contributed by atoms with E-state index >= 15 is 0 Å². The number of thioether (sulfide) groups is 1. The molecule has 11 heteroatoms. The molecule has 4 rings (SSSR count). The Bertz CT molecular complexity index is 1430. The van der Waals surface area contributed by atoms with Crippen molar-refractivity contribution < 1.29 is 14.5 Å². The molecule has 0 bridgehead atoms. The van der Waals surface area contributed by atoms with Crippen LogP contribution in [0.5, 0.6) is 5.75 Å². The summed E-state index contributed by atoms with van der Waals surface area (Å²) >= 11 is 1.18. The van der Waals surface area contributed by atoms with Crippen LogP contribution < -0.4 is 10.1 Å². The summed E-state index contributed by atoms with van der Waals surface area (Å²) in [6.45, 7) is 1.76. The van der Waals surface area contributed by atoms with E-state index in [2.05, 4.69) is 21.6 Å². The number of anilines is 1. The molecule has 1 N–H and O–H groups in total. The Morgan fingerprint density at radius 2 is 1.89 bits per heavy atom. The molecule has 36 heavy (non-hydrogen) atoms. The number of carbonyl (C=O) groups is 1. The Labute approximate surface area is 210 Å². The van der Waals surface area contributed by atoms with Crippen LogP contribution in [0.4, 0.5) is 11.4 Å². The molecule has 0 spiro atoms. The van der Waals surface area contributed by atoms with Crippen LogP contribution in [0.2, 0.25) is 0 Å². The van der Waals surface area contributed by atoms with Gasteiger partial charge in [-0.2, -0.15) is 5.26 Å². The van der Waals surface area contributed by atoms with E-state index in [9.17, 15) is 14.9 Å². The third-order valence-electron chi connectivity index (χ3n) is 5.09. The quantitative estimate of drug-likeness (QED) is 0.199. The van der Waals surface area contributed by atoms with Gasteiger partial charge in [0.1, 0.15) is 12.4 Å². The summed E-state index contributed by atoms with van der Waals surface area (Å²) in [7, 11) is 0. The van der Waals surface area contributed by atoms with Crippen LogP contribution in [0.15, 0.2) is 78.0 Å². The number of benzene rings is 3. The Morgan fingerprint density at radius 1 is 1.14 bits per heavy atom. The van der Waals surface area contributed by atoms with Crippen molar-refractivity contribution in [3.63, 3.8) is 0 Å². The van der Waals surface area contributed by atoms with E-state index in [0.717, 1.165) is 5.69 Å². The van der Waals surface area contributed by atoms with Gasteiger partial charge < -0.3 is 10.1 Å². The number of carbonyl (C=O) groups excluding carboxylic acids is 1. The minimum absolute atomic E-state index is 0.0170. The number of nitriles is 1. The Balaban J connectivity index is 1.48. The first kappa shape index (κ1) is 24.4. The molecule has 4 aromatic rings. The number of rotatable bonds is 9. The first-order valence-corrected chi connectivity index (χ1v) is 11.7. The maximum Gasteiger partial charge on any atom is 0.274 e. The number of nitrogens with zero attached hydrogens (tertiary/aromatic N) is 5. The molecule has 3 aromatic carbocycles. The van der Waals surface area contributed by atoms with Gasteiger partial charge in [0.25, 0.3) is 5.69 Å². The van der Waals surface area contributed by atoms with Gasteiger partial charge in [0.15, 0.2) is 11.0 Å². The van der Waals surface area contributed by atoms with Gasteiger partial charge in [0, 0.05) is 23.0 Å². The van der Waals surface area contributed by atoms with Crippen LogP contribution in [0.3, 0.4) is 0 Å². The fraction of sp³-hybridized carbons (Fsp3) is 0.120. The molecule has 0 radical (unpaired) electrons. The molecule has 180 valence electrons. The average Bonchev–Trinajstić information content (AvgIpc) is 3.30. The van der Waals surface area contributed by atoms with Gasteiger partial charge in [-0.1, -0.05) is 36.0 Å². The summed E-state index contributed by atoms with van der Waals surface area (Å²) in [4.78, 5) is 23.2. The summed E-state index contributed by atoms with van der Waals surface area (Å²) in [5.41, 5.74) is 2.14. The van der Waals surface area contributed by atoms with Crippen molar-refractivity contribution in [3.05, 3.63) is 99.9 Å². The van der Waals surface area contributed by atoms with Crippen LogP contribution in [0, 0.1) is 28.4 Å². The lowest BCUT2D eigenvalue weighted by Gasteiger charge is -2.11. The number of nitro groups is 1. The fourth-order valence-electron chi connectivity index (χ4n) is 3.31. The van der Waals surface area contributed by atoms with Gasteiger partial charge in [-0.15, -0.1) is 10.2 Å². The SMILES string of the molecule is Cc1ccc(NC(=O)CSc2nnc(COc3ccc(C#N)cc3)n2-c2ccccc2)cc1[N+](=O)[O-]. The van der Waals surface area contributed by atoms with Gasteiger partial charge in [-0.05, 0) is 49.4 Å². The summed E-state index contributed by atoms with van der Waals surface area (Å²) in [5.74, 6) is 0.791. The number of para-hydroxylation sites is 1. The molecule has 0 saturated carbocycles. The van der Waals surface area contributed by atoms with Crippen molar-refractivity contribution in [1.29, 1.82) is 5.26 Å². The number of nitrogens with one attached hydrogen (secondary N) is 1. The highest BCUT2D eigenvalue weighted by atomic mass is 32.2. The summed E-state index contributed by atoms with van der Waals surface area (Å²) in [5, 5.41) is 31.8. The van der Waals surface area contributed by atoms with E-state index in [-0.39, 0.29) is 24.0 Å². The number of hydrogen-bond acceptors (Lipinski definition) is 8. The average molecular weight is 501 g/mol. The molecule has 1 amide bonds. The van der Waals surface area contributed by atoms with Crippen molar-refractivity contribution in [2.75, 3.05) is 11.1 Å². The van der Waals surface area contributed by atoms with E-state index in [0.29, 0.717) is 33.5 Å². The zero-order chi connectivity index (χ0) is 25.5. The maximum atomic E-state index is 12.6. The minimum Gasteiger partial charge on any atom is -0.486 e. The highest BCUT2D eigenvalue weighted by Crippen LogP contribution is 2.25. The van der Waals surface area contributed by atoms with Crippen molar-refractivity contribution in [3.8, 4) is 17.5 Å². The monoisotopic (exact) mass is 500 g/mol. The van der Waals surface area contributed by atoms with Crippen molar-refractivity contribution >= 4 is 29.0 Å². The fourth-order valence-corrected chi connectivity index (χ4v) is 4.08. The highest BCUT2D eigenvalue weighted by molar-refractivity contribution is 7.99. The molecule has 0 saturated heterocycles. The van der Waals surface area contributed by atoms with Crippen LogP contribution in [0.25, 0.3) is 5.69 Å². The molecule has 0 atom stereocenters. The van der Waals surface area contributed by atoms with Gasteiger partial charge in [-0.3, -0.25) is 19.5 Å². The molecule has 0 aliphatic carbocycles. The van der Waals surface area contributed by atoms with E-state index in [4.69, 9.17) is 10.00 Å². The summed E-state index contributed by atoms with van der Waals surface area (Å²) < 4.78 is 7.64. The van der Waals surface area contributed by atoms with Crippen LogP contribution in [0.1, 0.15) is 17.0 Å². The lowest BCUT2D eigenvalue weighted by atomic mass is 10.2. The van der Waals surface area contributed by atoms with Gasteiger partial charge >= 0.3 is 0 Å². The number of ether oxygens (including phenoxy) is 1. The van der Waals surface area contributed by atoms with Gasteiger partial charge in [0.05, 0.1) is 22.3 Å². The van der Waals surface area contributed by atoms with E-state index in [1.54, 1.807) is 47.9 Å². The van der Waals surface area contributed by atoms with E-state index < -0.39 is 4.92 Å². The molecule has 0 aliphatic heterocycles. The Kier molecular flexibility index (Phi) is 7.57. The van der Waals surface area contributed by atoms with Crippen LogP contribution >= 0.6 is 11.8 Å². The molecular formula is C25H20N6O4S.